The summed E-state index contributed by atoms with van der Waals surface area (Å²) in [4.78, 5) is 0. The molecule has 0 aromatic carbocycles. The maximum absolute atomic E-state index is 5.78. The SMILES string of the molecule is CCCNC(CCc1ccsc1)C(OC)C(C)(C)C. The maximum atomic E-state index is 5.78. The van der Waals surface area contributed by atoms with Crippen molar-refractivity contribution in [2.24, 2.45) is 5.41 Å². The molecule has 1 aromatic rings. The third kappa shape index (κ3) is 5.64. The second-order valence-corrected chi connectivity index (χ2v) is 7.03. The van der Waals surface area contributed by atoms with Crippen molar-refractivity contribution in [3.63, 3.8) is 0 Å². The fraction of sp³-hybridized carbons (Fsp3) is 0.750. The molecular formula is C16H29NOS. The monoisotopic (exact) mass is 283 g/mol. The van der Waals surface area contributed by atoms with Crippen LogP contribution in [-0.4, -0.2) is 25.8 Å². The average Bonchev–Trinajstić information content (AvgIpc) is 2.84. The lowest BCUT2D eigenvalue weighted by Crippen LogP contribution is -2.48. The van der Waals surface area contributed by atoms with E-state index in [-0.39, 0.29) is 11.5 Å². The summed E-state index contributed by atoms with van der Waals surface area (Å²) < 4.78 is 5.78. The molecule has 2 atom stereocenters. The van der Waals surface area contributed by atoms with Crippen LogP contribution in [0.4, 0.5) is 0 Å². The molecule has 2 unspecified atom stereocenters. The second-order valence-electron chi connectivity index (χ2n) is 6.25. The van der Waals surface area contributed by atoms with Gasteiger partial charge in [0.15, 0.2) is 0 Å². The molecule has 0 radical (unpaired) electrons. The Morgan fingerprint density at radius 3 is 2.58 bits per heavy atom. The number of aryl methyl sites for hydroxylation is 1. The van der Waals surface area contributed by atoms with Gasteiger partial charge in [-0.2, -0.15) is 11.3 Å². The van der Waals surface area contributed by atoms with Gasteiger partial charge in [-0.15, -0.1) is 0 Å². The first-order valence-corrected chi connectivity index (χ1v) is 8.20. The summed E-state index contributed by atoms with van der Waals surface area (Å²) in [6.07, 6.45) is 3.67. The highest BCUT2D eigenvalue weighted by atomic mass is 32.1. The fourth-order valence-corrected chi connectivity index (χ4v) is 3.27. The minimum Gasteiger partial charge on any atom is -0.379 e. The number of thiophene rings is 1. The topological polar surface area (TPSA) is 21.3 Å². The van der Waals surface area contributed by atoms with Crippen molar-refractivity contribution in [3.8, 4) is 0 Å². The van der Waals surface area contributed by atoms with Gasteiger partial charge in [-0.05, 0) is 53.6 Å². The molecule has 19 heavy (non-hydrogen) atoms. The molecule has 1 aromatic heterocycles. The van der Waals surface area contributed by atoms with Crippen LogP contribution in [0.2, 0.25) is 0 Å². The van der Waals surface area contributed by atoms with Gasteiger partial charge in [0.25, 0.3) is 0 Å². The Labute approximate surface area is 122 Å². The van der Waals surface area contributed by atoms with Gasteiger partial charge in [-0.1, -0.05) is 27.7 Å². The van der Waals surface area contributed by atoms with Gasteiger partial charge in [0.1, 0.15) is 0 Å². The molecule has 0 aliphatic carbocycles. The molecular weight excluding hydrogens is 254 g/mol. The zero-order chi connectivity index (χ0) is 14.3. The van der Waals surface area contributed by atoms with Crippen molar-refractivity contribution in [2.75, 3.05) is 13.7 Å². The third-order valence-corrected chi connectivity index (χ3v) is 4.19. The largest absolute Gasteiger partial charge is 0.379 e. The van der Waals surface area contributed by atoms with Crippen LogP contribution in [0.15, 0.2) is 16.8 Å². The highest BCUT2D eigenvalue weighted by molar-refractivity contribution is 7.07. The van der Waals surface area contributed by atoms with Crippen molar-refractivity contribution in [1.29, 1.82) is 0 Å². The van der Waals surface area contributed by atoms with Gasteiger partial charge in [-0.3, -0.25) is 0 Å². The van der Waals surface area contributed by atoms with Crippen LogP contribution in [0.1, 0.15) is 46.1 Å². The van der Waals surface area contributed by atoms with E-state index in [1.807, 2.05) is 7.11 Å². The highest BCUT2D eigenvalue weighted by Crippen LogP contribution is 2.26. The molecule has 0 saturated carbocycles. The molecule has 0 spiro atoms. The van der Waals surface area contributed by atoms with E-state index in [2.05, 4.69) is 49.8 Å². The predicted octanol–water partition coefficient (Wildman–Crippen LogP) is 4.11. The lowest BCUT2D eigenvalue weighted by molar-refractivity contribution is -0.0130. The number of ether oxygens (including phenoxy) is 1. The van der Waals surface area contributed by atoms with Crippen molar-refractivity contribution < 1.29 is 4.74 Å². The van der Waals surface area contributed by atoms with E-state index in [1.165, 1.54) is 5.56 Å². The summed E-state index contributed by atoms with van der Waals surface area (Å²) in [7, 11) is 1.83. The molecule has 1 N–H and O–H groups in total. The third-order valence-electron chi connectivity index (χ3n) is 3.45. The van der Waals surface area contributed by atoms with E-state index in [1.54, 1.807) is 11.3 Å². The number of hydrogen-bond acceptors (Lipinski definition) is 3. The van der Waals surface area contributed by atoms with Crippen molar-refractivity contribution in [3.05, 3.63) is 22.4 Å². The molecule has 1 rings (SSSR count). The Hall–Kier alpha value is -0.380. The van der Waals surface area contributed by atoms with E-state index >= 15 is 0 Å². The van der Waals surface area contributed by atoms with Crippen LogP contribution < -0.4 is 5.32 Å². The van der Waals surface area contributed by atoms with Crippen LogP contribution in [0.3, 0.4) is 0 Å². The number of methoxy groups -OCH3 is 1. The Balaban J connectivity index is 2.63. The summed E-state index contributed by atoms with van der Waals surface area (Å²) in [6.45, 7) is 10.0. The molecule has 0 aliphatic rings. The smallest absolute Gasteiger partial charge is 0.0772 e. The molecule has 0 bridgehead atoms. The van der Waals surface area contributed by atoms with Gasteiger partial charge < -0.3 is 10.1 Å². The summed E-state index contributed by atoms with van der Waals surface area (Å²) in [6, 6.07) is 2.64. The first-order chi connectivity index (χ1) is 8.99. The van der Waals surface area contributed by atoms with Crippen LogP contribution in [0.5, 0.6) is 0 Å². The average molecular weight is 283 g/mol. The van der Waals surface area contributed by atoms with E-state index in [4.69, 9.17) is 4.74 Å². The van der Waals surface area contributed by atoms with Gasteiger partial charge in [0.05, 0.1) is 6.10 Å². The molecule has 1 heterocycles. The maximum Gasteiger partial charge on any atom is 0.0772 e. The zero-order valence-electron chi connectivity index (χ0n) is 13.0. The normalized spacial score (nSPS) is 15.4. The quantitative estimate of drug-likeness (QED) is 0.775. The summed E-state index contributed by atoms with van der Waals surface area (Å²) in [5, 5.41) is 8.07. The molecule has 0 aliphatic heterocycles. The summed E-state index contributed by atoms with van der Waals surface area (Å²) in [5.74, 6) is 0. The molecule has 2 nitrogen and oxygen atoms in total. The standard InChI is InChI=1S/C16H29NOS/c1-6-10-17-14(15(18-5)16(2,3)4)8-7-13-9-11-19-12-13/h9,11-12,14-15,17H,6-8,10H2,1-5H3. The van der Waals surface area contributed by atoms with E-state index < -0.39 is 0 Å². The van der Waals surface area contributed by atoms with Crippen LogP contribution in [-0.2, 0) is 11.2 Å². The molecule has 0 saturated heterocycles. The van der Waals surface area contributed by atoms with Crippen LogP contribution in [0, 0.1) is 5.41 Å². The number of nitrogens with one attached hydrogen (secondary N) is 1. The first-order valence-electron chi connectivity index (χ1n) is 7.26. The fourth-order valence-electron chi connectivity index (χ4n) is 2.57. The zero-order valence-corrected chi connectivity index (χ0v) is 13.8. The first kappa shape index (κ1) is 16.7. The minimum atomic E-state index is 0.162. The molecule has 110 valence electrons. The molecule has 0 amide bonds. The highest BCUT2D eigenvalue weighted by Gasteiger charge is 2.31. The van der Waals surface area contributed by atoms with Crippen LogP contribution in [0.25, 0.3) is 0 Å². The van der Waals surface area contributed by atoms with Crippen molar-refractivity contribution in [2.45, 2.75) is 59.1 Å². The lowest BCUT2D eigenvalue weighted by Gasteiger charge is -2.36. The van der Waals surface area contributed by atoms with Gasteiger partial charge in [-0.25, -0.2) is 0 Å². The minimum absolute atomic E-state index is 0.162. The van der Waals surface area contributed by atoms with Crippen molar-refractivity contribution >= 4 is 11.3 Å². The summed E-state index contributed by atoms with van der Waals surface area (Å²) >= 11 is 1.78. The van der Waals surface area contributed by atoms with E-state index in [0.29, 0.717) is 6.04 Å². The van der Waals surface area contributed by atoms with E-state index in [9.17, 15) is 0 Å². The second kappa shape index (κ2) is 8.03. The molecule has 0 fully saturated rings. The Morgan fingerprint density at radius 2 is 2.11 bits per heavy atom. The Kier molecular flexibility index (Phi) is 7.05. The lowest BCUT2D eigenvalue weighted by atomic mass is 9.82. The van der Waals surface area contributed by atoms with Gasteiger partial charge >= 0.3 is 0 Å². The number of hydrogen-bond donors (Lipinski definition) is 1. The van der Waals surface area contributed by atoms with Crippen LogP contribution >= 0.6 is 11.3 Å². The van der Waals surface area contributed by atoms with E-state index in [0.717, 1.165) is 25.8 Å². The Bertz CT molecular complexity index is 329. The summed E-state index contributed by atoms with van der Waals surface area (Å²) in [5.41, 5.74) is 1.60. The van der Waals surface area contributed by atoms with Gasteiger partial charge in [0, 0.05) is 13.2 Å². The molecule has 3 heteroatoms. The predicted molar refractivity (Wildman–Crippen MR) is 85.0 cm³/mol. The Morgan fingerprint density at radius 1 is 1.37 bits per heavy atom. The van der Waals surface area contributed by atoms with Gasteiger partial charge in [0.2, 0.25) is 0 Å². The van der Waals surface area contributed by atoms with Crippen molar-refractivity contribution in [1.82, 2.24) is 5.32 Å². The number of rotatable bonds is 8.